The molecule has 0 amide bonds. The minimum Gasteiger partial charge on any atom is -0.298 e. The lowest BCUT2D eigenvalue weighted by atomic mass is 9.61. The fraction of sp³-hybridized carbons (Fsp3) is 0.278. The highest BCUT2D eigenvalue weighted by molar-refractivity contribution is 9.10. The Kier molecular flexibility index (Phi) is 3.94. The normalized spacial score (nSPS) is 16.3. The molecule has 3 heteroatoms. The molecule has 0 heterocycles. The topological polar surface area (TPSA) is 17.1 Å². The third-order valence-electron chi connectivity index (χ3n) is 4.45. The van der Waals surface area contributed by atoms with E-state index in [1.165, 1.54) is 6.07 Å². The summed E-state index contributed by atoms with van der Waals surface area (Å²) in [6.45, 7) is 0. The van der Waals surface area contributed by atoms with Crippen molar-refractivity contribution < 1.29 is 9.18 Å². The summed E-state index contributed by atoms with van der Waals surface area (Å²) in [6.07, 6.45) is 3.13. The van der Waals surface area contributed by atoms with Gasteiger partial charge in [-0.1, -0.05) is 48.9 Å². The quantitative estimate of drug-likeness (QED) is 0.775. The zero-order valence-electron chi connectivity index (χ0n) is 11.6. The van der Waals surface area contributed by atoms with Gasteiger partial charge in [0.2, 0.25) is 0 Å². The first-order valence-electron chi connectivity index (χ1n) is 7.15. The molecule has 108 valence electrons. The number of Topliss-reactive ketones (excluding diaryl/α,β-unsaturated/α-hetero) is 1. The smallest absolute Gasteiger partial charge is 0.147 e. The van der Waals surface area contributed by atoms with Crippen molar-refractivity contribution in [1.29, 1.82) is 0 Å². The van der Waals surface area contributed by atoms with Crippen molar-refractivity contribution in [3.05, 3.63) is 69.9 Å². The Morgan fingerprint density at radius 1 is 1.10 bits per heavy atom. The second kappa shape index (κ2) is 5.72. The van der Waals surface area contributed by atoms with Crippen molar-refractivity contribution in [3.8, 4) is 0 Å². The Morgan fingerprint density at radius 2 is 1.81 bits per heavy atom. The van der Waals surface area contributed by atoms with Crippen LogP contribution in [0.15, 0.2) is 53.0 Å². The zero-order valence-corrected chi connectivity index (χ0v) is 13.2. The number of benzene rings is 2. The molecule has 0 saturated heterocycles. The lowest BCUT2D eigenvalue weighted by molar-refractivity contribution is -0.127. The van der Waals surface area contributed by atoms with E-state index in [1.54, 1.807) is 6.07 Å². The predicted molar refractivity (Wildman–Crippen MR) is 84.8 cm³/mol. The van der Waals surface area contributed by atoms with Crippen LogP contribution >= 0.6 is 15.9 Å². The first-order valence-corrected chi connectivity index (χ1v) is 7.94. The second-order valence-corrected chi connectivity index (χ2v) is 6.41. The van der Waals surface area contributed by atoms with Crippen LogP contribution in [0.4, 0.5) is 4.39 Å². The largest absolute Gasteiger partial charge is 0.298 e. The number of hydrogen-bond donors (Lipinski definition) is 0. The molecule has 0 aliphatic heterocycles. The van der Waals surface area contributed by atoms with Gasteiger partial charge >= 0.3 is 0 Å². The molecular weight excluding hydrogens is 331 g/mol. The maximum absolute atomic E-state index is 13.6. The van der Waals surface area contributed by atoms with Gasteiger partial charge < -0.3 is 0 Å². The fourth-order valence-corrected chi connectivity index (χ4v) is 3.45. The molecule has 0 bridgehead atoms. The van der Waals surface area contributed by atoms with E-state index in [-0.39, 0.29) is 23.4 Å². The van der Waals surface area contributed by atoms with E-state index in [1.807, 2.05) is 36.4 Å². The standard InChI is InChI=1S/C18H16BrFO/c19-17-13(6-4-9-15(17)20)12-16(21)18(10-5-11-18)14-7-2-1-3-8-14/h1-4,6-9H,5,10-12H2. The van der Waals surface area contributed by atoms with E-state index in [4.69, 9.17) is 0 Å². The van der Waals surface area contributed by atoms with Crippen LogP contribution in [0.3, 0.4) is 0 Å². The third kappa shape index (κ3) is 2.55. The highest BCUT2D eigenvalue weighted by Gasteiger charge is 2.44. The zero-order chi connectivity index (χ0) is 14.9. The van der Waals surface area contributed by atoms with Gasteiger partial charge in [-0.05, 0) is 46.0 Å². The molecule has 21 heavy (non-hydrogen) atoms. The lowest BCUT2D eigenvalue weighted by Crippen LogP contribution is -2.43. The monoisotopic (exact) mass is 346 g/mol. The molecule has 0 radical (unpaired) electrons. The van der Waals surface area contributed by atoms with Crippen molar-refractivity contribution in [2.45, 2.75) is 31.1 Å². The van der Waals surface area contributed by atoms with Crippen LogP contribution in [0, 0.1) is 5.82 Å². The van der Waals surface area contributed by atoms with Gasteiger partial charge in [-0.3, -0.25) is 4.79 Å². The number of carbonyl (C=O) groups excluding carboxylic acids is 1. The van der Waals surface area contributed by atoms with Crippen LogP contribution in [0.5, 0.6) is 0 Å². The van der Waals surface area contributed by atoms with Crippen LogP contribution < -0.4 is 0 Å². The summed E-state index contributed by atoms with van der Waals surface area (Å²) in [6, 6.07) is 14.8. The minimum atomic E-state index is -0.368. The Labute approximate surface area is 132 Å². The van der Waals surface area contributed by atoms with E-state index < -0.39 is 0 Å². The summed E-state index contributed by atoms with van der Waals surface area (Å²) in [5.74, 6) is -0.131. The van der Waals surface area contributed by atoms with Crippen molar-refractivity contribution in [2.24, 2.45) is 0 Å². The molecule has 1 aliphatic carbocycles. The minimum absolute atomic E-state index is 0.186. The highest BCUT2D eigenvalue weighted by atomic mass is 79.9. The molecule has 2 aromatic carbocycles. The van der Waals surface area contributed by atoms with E-state index >= 15 is 0 Å². The van der Waals surface area contributed by atoms with Gasteiger partial charge in [0.15, 0.2) is 0 Å². The third-order valence-corrected chi connectivity index (χ3v) is 5.34. The van der Waals surface area contributed by atoms with Gasteiger partial charge in [0.1, 0.15) is 11.6 Å². The molecule has 1 fully saturated rings. The summed E-state index contributed by atoms with van der Waals surface area (Å²) in [4.78, 5) is 12.8. The van der Waals surface area contributed by atoms with Crippen LogP contribution in [0.25, 0.3) is 0 Å². The maximum atomic E-state index is 13.6. The Hall–Kier alpha value is -1.48. The van der Waals surface area contributed by atoms with Gasteiger partial charge in [-0.15, -0.1) is 0 Å². The number of ketones is 1. The maximum Gasteiger partial charge on any atom is 0.147 e. The molecule has 0 spiro atoms. The van der Waals surface area contributed by atoms with Crippen molar-refractivity contribution >= 4 is 21.7 Å². The molecule has 1 saturated carbocycles. The molecule has 0 atom stereocenters. The van der Waals surface area contributed by atoms with Gasteiger partial charge in [-0.2, -0.15) is 0 Å². The number of carbonyl (C=O) groups is 1. The number of rotatable bonds is 4. The second-order valence-electron chi connectivity index (χ2n) is 5.61. The van der Waals surface area contributed by atoms with Gasteiger partial charge in [0.25, 0.3) is 0 Å². The SMILES string of the molecule is O=C(Cc1cccc(F)c1Br)C1(c2ccccc2)CCC1. The summed E-state index contributed by atoms with van der Waals surface area (Å²) in [5.41, 5.74) is 1.45. The summed E-state index contributed by atoms with van der Waals surface area (Å²) in [7, 11) is 0. The van der Waals surface area contributed by atoms with Crippen LogP contribution in [0.1, 0.15) is 30.4 Å². The number of halogens is 2. The van der Waals surface area contributed by atoms with E-state index in [9.17, 15) is 9.18 Å². The van der Waals surface area contributed by atoms with Crippen LogP contribution in [-0.2, 0) is 16.6 Å². The molecule has 3 rings (SSSR count). The molecular formula is C18H16BrFO. The lowest BCUT2D eigenvalue weighted by Gasteiger charge is -2.41. The van der Waals surface area contributed by atoms with Gasteiger partial charge in [0, 0.05) is 6.42 Å². The fourth-order valence-electron chi connectivity index (χ4n) is 3.04. The average Bonchev–Trinajstić information content (AvgIpc) is 2.44. The first-order chi connectivity index (χ1) is 10.1. The first kappa shape index (κ1) is 14.5. The van der Waals surface area contributed by atoms with Crippen LogP contribution in [0.2, 0.25) is 0 Å². The molecule has 0 N–H and O–H groups in total. The Bertz CT molecular complexity index is 662. The molecule has 1 aliphatic rings. The van der Waals surface area contributed by atoms with E-state index in [0.29, 0.717) is 4.47 Å². The van der Waals surface area contributed by atoms with Crippen molar-refractivity contribution in [2.75, 3.05) is 0 Å². The molecule has 0 aromatic heterocycles. The van der Waals surface area contributed by atoms with Gasteiger partial charge in [0.05, 0.1) is 9.89 Å². The van der Waals surface area contributed by atoms with E-state index in [2.05, 4.69) is 15.9 Å². The van der Waals surface area contributed by atoms with Crippen molar-refractivity contribution in [3.63, 3.8) is 0 Å². The molecule has 1 nitrogen and oxygen atoms in total. The summed E-state index contributed by atoms with van der Waals surface area (Å²) >= 11 is 3.24. The Morgan fingerprint density at radius 3 is 2.43 bits per heavy atom. The Balaban J connectivity index is 1.89. The molecule has 2 aromatic rings. The van der Waals surface area contributed by atoms with Crippen molar-refractivity contribution in [1.82, 2.24) is 0 Å². The van der Waals surface area contributed by atoms with E-state index in [0.717, 1.165) is 30.4 Å². The average molecular weight is 347 g/mol. The number of hydrogen-bond acceptors (Lipinski definition) is 1. The summed E-state index contributed by atoms with van der Waals surface area (Å²) < 4.78 is 14.0. The highest BCUT2D eigenvalue weighted by Crippen LogP contribution is 2.45. The summed E-state index contributed by atoms with van der Waals surface area (Å²) in [5, 5.41) is 0. The predicted octanol–water partition coefficient (Wildman–Crippen LogP) is 4.82. The molecule has 0 unspecified atom stereocenters. The van der Waals surface area contributed by atoms with Gasteiger partial charge in [-0.25, -0.2) is 4.39 Å². The van der Waals surface area contributed by atoms with Crippen LogP contribution in [-0.4, -0.2) is 5.78 Å².